The Morgan fingerprint density at radius 2 is 1.75 bits per heavy atom. The number of likely N-dealkylation sites (tertiary alicyclic amines) is 1. The number of anilines is 1. The maximum atomic E-state index is 12.3. The molecule has 36 heavy (non-hydrogen) atoms. The third-order valence-corrected chi connectivity index (χ3v) is 7.00. The van der Waals surface area contributed by atoms with Gasteiger partial charge in [-0.25, -0.2) is 4.79 Å². The van der Waals surface area contributed by atoms with E-state index in [1.54, 1.807) is 6.07 Å². The van der Waals surface area contributed by atoms with E-state index < -0.39 is 0 Å². The number of hydrogen-bond donors (Lipinski definition) is 2. The van der Waals surface area contributed by atoms with Gasteiger partial charge in [-0.2, -0.15) is 0 Å². The van der Waals surface area contributed by atoms with E-state index in [2.05, 4.69) is 75.9 Å². The van der Waals surface area contributed by atoms with Crippen LogP contribution in [0.25, 0.3) is 39.2 Å². The number of aromatic amines is 1. The quantitative estimate of drug-likeness (QED) is 0.274. The molecule has 0 radical (unpaired) electrons. The van der Waals surface area contributed by atoms with Crippen molar-refractivity contribution in [2.75, 3.05) is 25.0 Å². The van der Waals surface area contributed by atoms with Gasteiger partial charge in [0.25, 0.3) is 0 Å². The normalized spacial score (nSPS) is 15.2. The number of para-hydroxylation sites is 1. The van der Waals surface area contributed by atoms with Crippen LogP contribution in [0.1, 0.15) is 18.4 Å². The van der Waals surface area contributed by atoms with Crippen LogP contribution < -0.4 is 10.9 Å². The summed E-state index contributed by atoms with van der Waals surface area (Å²) in [6.07, 6.45) is 6.49. The molecule has 3 aromatic carbocycles. The van der Waals surface area contributed by atoms with E-state index in [1.807, 2.05) is 30.3 Å². The van der Waals surface area contributed by atoms with Crippen molar-refractivity contribution in [2.24, 2.45) is 0 Å². The van der Waals surface area contributed by atoms with Gasteiger partial charge in [0.15, 0.2) is 0 Å². The average Bonchev–Trinajstić information content (AvgIpc) is 3.35. The molecule has 2 N–H and O–H groups in total. The van der Waals surface area contributed by atoms with Crippen molar-refractivity contribution in [3.63, 3.8) is 0 Å². The summed E-state index contributed by atoms with van der Waals surface area (Å²) in [5.41, 5.74) is 5.58. The van der Waals surface area contributed by atoms with Crippen molar-refractivity contribution in [3.8, 4) is 11.3 Å². The molecule has 0 bridgehead atoms. The second-order valence-electron chi connectivity index (χ2n) is 9.49. The molecule has 5 heteroatoms. The first kappa shape index (κ1) is 22.4. The molecule has 1 aliphatic rings. The molecule has 6 rings (SSSR count). The Morgan fingerprint density at radius 1 is 0.944 bits per heavy atom. The first-order valence-electron chi connectivity index (χ1n) is 12.6. The molecule has 0 amide bonds. The number of nitrogens with one attached hydrogen (secondary N) is 2. The van der Waals surface area contributed by atoms with Gasteiger partial charge in [0.1, 0.15) is 5.58 Å². The molecule has 2 aromatic heterocycles. The number of nitrogens with zero attached hydrogens (tertiary/aromatic N) is 1. The minimum atomic E-state index is -0.327. The highest BCUT2D eigenvalue weighted by atomic mass is 16.4. The number of rotatable bonds is 6. The van der Waals surface area contributed by atoms with E-state index in [1.165, 1.54) is 10.9 Å². The summed E-state index contributed by atoms with van der Waals surface area (Å²) in [7, 11) is 0. The second-order valence-corrected chi connectivity index (χ2v) is 9.49. The van der Waals surface area contributed by atoms with Crippen LogP contribution in [0.15, 0.2) is 100 Å². The molecule has 1 saturated heterocycles. The predicted octanol–water partition coefficient (Wildman–Crippen LogP) is 6.53. The molecule has 0 saturated carbocycles. The Morgan fingerprint density at radius 3 is 2.58 bits per heavy atom. The van der Waals surface area contributed by atoms with Crippen LogP contribution in [0, 0.1) is 0 Å². The monoisotopic (exact) mass is 475 g/mol. The minimum absolute atomic E-state index is 0.320. The highest BCUT2D eigenvalue weighted by Crippen LogP contribution is 2.30. The lowest BCUT2D eigenvalue weighted by atomic mass is 10.0. The molecule has 0 unspecified atom stereocenters. The molecule has 0 atom stereocenters. The molecule has 1 aliphatic heterocycles. The summed E-state index contributed by atoms with van der Waals surface area (Å²) in [6.45, 7) is 3.00. The molecule has 5 nitrogen and oxygen atoms in total. The van der Waals surface area contributed by atoms with Crippen molar-refractivity contribution in [1.82, 2.24) is 9.88 Å². The summed E-state index contributed by atoms with van der Waals surface area (Å²) < 4.78 is 5.52. The zero-order valence-electron chi connectivity index (χ0n) is 20.1. The third kappa shape index (κ3) is 4.83. The van der Waals surface area contributed by atoms with Gasteiger partial charge >= 0.3 is 5.63 Å². The highest BCUT2D eigenvalue weighted by Gasteiger charge is 2.20. The molecule has 0 spiro atoms. The first-order chi connectivity index (χ1) is 17.7. The maximum absolute atomic E-state index is 12.3. The van der Waals surface area contributed by atoms with E-state index >= 15 is 0 Å². The zero-order valence-corrected chi connectivity index (χ0v) is 20.1. The maximum Gasteiger partial charge on any atom is 0.338 e. The highest BCUT2D eigenvalue weighted by molar-refractivity contribution is 5.94. The van der Waals surface area contributed by atoms with Crippen molar-refractivity contribution in [2.45, 2.75) is 18.9 Å². The minimum Gasteiger partial charge on any atom is -0.423 e. The van der Waals surface area contributed by atoms with Crippen LogP contribution in [0.2, 0.25) is 0 Å². The van der Waals surface area contributed by atoms with Crippen LogP contribution in [-0.2, 0) is 0 Å². The topological polar surface area (TPSA) is 61.3 Å². The summed E-state index contributed by atoms with van der Waals surface area (Å²) in [5, 5.41) is 5.76. The number of benzene rings is 3. The fourth-order valence-corrected chi connectivity index (χ4v) is 5.06. The molecule has 180 valence electrons. The van der Waals surface area contributed by atoms with Gasteiger partial charge in [-0.1, -0.05) is 60.7 Å². The Bertz CT molecular complexity index is 1540. The molecular formula is C31H29N3O2. The lowest BCUT2D eigenvalue weighted by Crippen LogP contribution is -2.39. The van der Waals surface area contributed by atoms with Crippen LogP contribution in [0.5, 0.6) is 0 Å². The average molecular weight is 476 g/mol. The summed E-state index contributed by atoms with van der Waals surface area (Å²) in [6, 6.07) is 28.7. The molecule has 3 heterocycles. The van der Waals surface area contributed by atoms with E-state index in [9.17, 15) is 4.79 Å². The van der Waals surface area contributed by atoms with E-state index in [-0.39, 0.29) is 5.63 Å². The fourth-order valence-electron chi connectivity index (χ4n) is 5.06. The molecule has 0 aliphatic carbocycles. The van der Waals surface area contributed by atoms with E-state index in [0.717, 1.165) is 60.3 Å². The molecule has 5 aromatic rings. The fraction of sp³-hybridized carbons (Fsp3) is 0.194. The largest absolute Gasteiger partial charge is 0.423 e. The van der Waals surface area contributed by atoms with Gasteiger partial charge in [0.2, 0.25) is 0 Å². The molecule has 1 fully saturated rings. The van der Waals surface area contributed by atoms with Gasteiger partial charge in [0, 0.05) is 53.7 Å². The zero-order chi connectivity index (χ0) is 24.3. The standard InChI is InChI=1S/C31H29N3O2/c35-31-21-29(32-25-14-17-34(18-15-25)16-6-9-22-7-2-1-3-8-22)26-19-24(12-13-30(26)36-31)28-20-23-10-4-5-11-27(23)33-28/h1-13,19-21,25,32-33H,14-18H2. The number of fused-ring (bicyclic) bond motifs is 2. The SMILES string of the molecule is O=c1cc(NC2CCN(CC=Cc3ccccc3)CC2)c2cc(-c3cc4ccccc4[nH]3)ccc2o1. The predicted molar refractivity (Wildman–Crippen MR) is 148 cm³/mol. The Balaban J connectivity index is 1.17. The van der Waals surface area contributed by atoms with Crippen molar-refractivity contribution >= 4 is 33.6 Å². The van der Waals surface area contributed by atoms with Gasteiger partial charge in [-0.05, 0) is 54.3 Å². The van der Waals surface area contributed by atoms with Crippen LogP contribution >= 0.6 is 0 Å². The summed E-state index contributed by atoms with van der Waals surface area (Å²) >= 11 is 0. The van der Waals surface area contributed by atoms with Gasteiger partial charge in [-0.3, -0.25) is 4.90 Å². The van der Waals surface area contributed by atoms with Crippen LogP contribution in [0.3, 0.4) is 0 Å². The van der Waals surface area contributed by atoms with E-state index in [4.69, 9.17) is 4.42 Å². The second kappa shape index (κ2) is 9.88. The lowest BCUT2D eigenvalue weighted by Gasteiger charge is -2.32. The summed E-state index contributed by atoms with van der Waals surface area (Å²) in [5.74, 6) is 0. The van der Waals surface area contributed by atoms with Gasteiger partial charge in [-0.15, -0.1) is 0 Å². The first-order valence-corrected chi connectivity index (χ1v) is 12.6. The lowest BCUT2D eigenvalue weighted by molar-refractivity contribution is 0.240. The number of aromatic nitrogens is 1. The Kier molecular flexibility index (Phi) is 6.14. The summed E-state index contributed by atoms with van der Waals surface area (Å²) in [4.78, 5) is 18.2. The number of hydrogen-bond acceptors (Lipinski definition) is 4. The van der Waals surface area contributed by atoms with E-state index in [0.29, 0.717) is 11.6 Å². The number of H-pyrrole nitrogens is 1. The van der Waals surface area contributed by atoms with Gasteiger partial charge < -0.3 is 14.7 Å². The molecular weight excluding hydrogens is 446 g/mol. The van der Waals surface area contributed by atoms with Crippen molar-refractivity contribution in [3.05, 3.63) is 107 Å². The third-order valence-electron chi connectivity index (χ3n) is 7.00. The smallest absolute Gasteiger partial charge is 0.338 e. The van der Waals surface area contributed by atoms with Crippen molar-refractivity contribution in [1.29, 1.82) is 0 Å². The van der Waals surface area contributed by atoms with Crippen LogP contribution in [-0.4, -0.2) is 35.6 Å². The van der Waals surface area contributed by atoms with Gasteiger partial charge in [0.05, 0.1) is 5.69 Å². The van der Waals surface area contributed by atoms with Crippen LogP contribution in [0.4, 0.5) is 5.69 Å². The van der Waals surface area contributed by atoms with Crippen molar-refractivity contribution < 1.29 is 4.42 Å². The number of piperidine rings is 1. The Hall–Kier alpha value is -4.09. The Labute approximate surface area is 210 Å².